The van der Waals surface area contributed by atoms with Crippen LogP contribution in [-0.4, -0.2) is 22.6 Å². The van der Waals surface area contributed by atoms with Crippen molar-refractivity contribution in [3.05, 3.63) is 42.0 Å². The molecule has 1 heterocycles. The summed E-state index contributed by atoms with van der Waals surface area (Å²) >= 11 is 1.83. The second-order valence-electron chi connectivity index (χ2n) is 4.44. The highest BCUT2D eigenvalue weighted by atomic mass is 32.2. The average molecular weight is 247 g/mol. The van der Waals surface area contributed by atoms with Crippen LogP contribution in [0.1, 0.15) is 18.1 Å². The van der Waals surface area contributed by atoms with Crippen LogP contribution in [0.15, 0.2) is 35.7 Å². The summed E-state index contributed by atoms with van der Waals surface area (Å²) in [5, 5.41) is 0. The molecule has 0 bridgehead atoms. The van der Waals surface area contributed by atoms with E-state index in [1.807, 2.05) is 16.7 Å². The van der Waals surface area contributed by atoms with Crippen LogP contribution in [0.4, 0.5) is 0 Å². The Hall–Kier alpha value is -1.22. The lowest BCUT2D eigenvalue weighted by atomic mass is 10.1. The fraction of sp³-hybridized carbons (Fsp3) is 0.357. The van der Waals surface area contributed by atoms with Gasteiger partial charge in [0.15, 0.2) is 0 Å². The van der Waals surface area contributed by atoms with Crippen molar-refractivity contribution in [1.82, 2.24) is 4.90 Å². The van der Waals surface area contributed by atoms with Crippen molar-refractivity contribution in [3.8, 4) is 0 Å². The van der Waals surface area contributed by atoms with Crippen LogP contribution in [-0.2, 0) is 11.3 Å². The summed E-state index contributed by atoms with van der Waals surface area (Å²) in [6.07, 6.45) is 1.40. The highest BCUT2D eigenvalue weighted by molar-refractivity contribution is 7.99. The maximum Gasteiger partial charge on any atom is 0.246 e. The summed E-state index contributed by atoms with van der Waals surface area (Å²) in [4.78, 5) is 15.0. The van der Waals surface area contributed by atoms with Crippen molar-refractivity contribution in [2.45, 2.75) is 31.3 Å². The molecule has 1 aliphatic heterocycles. The number of carbonyl (C=O) groups excluding carboxylic acids is 1. The van der Waals surface area contributed by atoms with Gasteiger partial charge in [-0.1, -0.05) is 24.3 Å². The molecular formula is C14H17NOS. The van der Waals surface area contributed by atoms with Gasteiger partial charge in [-0.2, -0.15) is 0 Å². The number of hydrogen-bond acceptors (Lipinski definition) is 2. The SMILES string of the molecule is C=CC(=O)N1Cc2cc(C)ccc2SC[C@@H]1C. The highest BCUT2D eigenvalue weighted by Gasteiger charge is 2.23. The van der Waals surface area contributed by atoms with Crippen molar-refractivity contribution < 1.29 is 4.79 Å². The Bertz CT molecular complexity index is 456. The number of thioether (sulfide) groups is 1. The van der Waals surface area contributed by atoms with Crippen LogP contribution in [0.3, 0.4) is 0 Å². The fourth-order valence-electron chi connectivity index (χ4n) is 2.02. The van der Waals surface area contributed by atoms with E-state index < -0.39 is 0 Å². The molecule has 90 valence electrons. The number of hydrogen-bond donors (Lipinski definition) is 0. The Morgan fingerprint density at radius 1 is 1.59 bits per heavy atom. The molecule has 1 atom stereocenters. The molecule has 1 aromatic rings. The number of fused-ring (bicyclic) bond motifs is 1. The van der Waals surface area contributed by atoms with Gasteiger partial charge in [0.1, 0.15) is 0 Å². The summed E-state index contributed by atoms with van der Waals surface area (Å²) < 4.78 is 0. The van der Waals surface area contributed by atoms with Gasteiger partial charge < -0.3 is 4.90 Å². The zero-order valence-corrected chi connectivity index (χ0v) is 11.1. The van der Waals surface area contributed by atoms with E-state index in [-0.39, 0.29) is 11.9 Å². The molecule has 0 radical (unpaired) electrons. The first kappa shape index (κ1) is 12.2. The van der Waals surface area contributed by atoms with E-state index in [2.05, 4.69) is 38.6 Å². The third-order valence-corrected chi connectivity index (χ3v) is 4.38. The van der Waals surface area contributed by atoms with Crippen molar-refractivity contribution >= 4 is 17.7 Å². The molecule has 0 N–H and O–H groups in total. The van der Waals surface area contributed by atoms with Crippen LogP contribution in [0.5, 0.6) is 0 Å². The lowest BCUT2D eigenvalue weighted by Gasteiger charge is -2.25. The van der Waals surface area contributed by atoms with Gasteiger partial charge in [-0.15, -0.1) is 11.8 Å². The predicted octanol–water partition coefficient (Wildman–Crippen LogP) is 3.00. The van der Waals surface area contributed by atoms with Gasteiger partial charge >= 0.3 is 0 Å². The molecule has 0 aromatic heterocycles. The Balaban J connectivity index is 2.34. The molecule has 2 nitrogen and oxygen atoms in total. The maximum absolute atomic E-state index is 11.8. The molecule has 0 spiro atoms. The van der Waals surface area contributed by atoms with E-state index in [1.165, 1.54) is 22.1 Å². The minimum atomic E-state index is 0.0208. The molecule has 2 rings (SSSR count). The summed E-state index contributed by atoms with van der Waals surface area (Å²) in [6.45, 7) is 8.44. The van der Waals surface area contributed by atoms with Gasteiger partial charge in [-0.05, 0) is 31.6 Å². The third kappa shape index (κ3) is 2.55. The Morgan fingerprint density at radius 3 is 3.06 bits per heavy atom. The van der Waals surface area contributed by atoms with Gasteiger partial charge in [0.2, 0.25) is 5.91 Å². The van der Waals surface area contributed by atoms with Gasteiger partial charge in [-0.3, -0.25) is 4.79 Å². The van der Waals surface area contributed by atoms with E-state index in [9.17, 15) is 4.79 Å². The summed E-state index contributed by atoms with van der Waals surface area (Å²) in [7, 11) is 0. The monoisotopic (exact) mass is 247 g/mol. The second kappa shape index (κ2) is 4.96. The van der Waals surface area contributed by atoms with E-state index in [4.69, 9.17) is 0 Å². The van der Waals surface area contributed by atoms with Crippen molar-refractivity contribution in [2.24, 2.45) is 0 Å². The summed E-state index contributed by atoms with van der Waals surface area (Å²) in [5.41, 5.74) is 2.49. The third-order valence-electron chi connectivity index (χ3n) is 3.03. The predicted molar refractivity (Wildman–Crippen MR) is 72.1 cm³/mol. The highest BCUT2D eigenvalue weighted by Crippen LogP contribution is 2.30. The molecule has 0 fully saturated rings. The second-order valence-corrected chi connectivity index (χ2v) is 5.50. The van der Waals surface area contributed by atoms with Crippen molar-refractivity contribution in [1.29, 1.82) is 0 Å². The molecule has 17 heavy (non-hydrogen) atoms. The van der Waals surface area contributed by atoms with Gasteiger partial charge in [0.05, 0.1) is 0 Å². The number of benzene rings is 1. The number of nitrogens with zero attached hydrogens (tertiary/aromatic N) is 1. The fourth-order valence-corrected chi connectivity index (χ4v) is 3.10. The van der Waals surface area contributed by atoms with Gasteiger partial charge in [0, 0.05) is 23.2 Å². The molecule has 0 saturated heterocycles. The zero-order valence-electron chi connectivity index (χ0n) is 10.3. The van der Waals surface area contributed by atoms with Crippen LogP contribution in [0.2, 0.25) is 0 Å². The lowest BCUT2D eigenvalue weighted by molar-refractivity contribution is -0.128. The lowest BCUT2D eigenvalue weighted by Crippen LogP contribution is -2.37. The van der Waals surface area contributed by atoms with Crippen LogP contribution in [0.25, 0.3) is 0 Å². The molecule has 0 aliphatic carbocycles. The van der Waals surface area contributed by atoms with Crippen molar-refractivity contribution in [2.75, 3.05) is 5.75 Å². The quantitative estimate of drug-likeness (QED) is 0.711. The number of aryl methyl sites for hydroxylation is 1. The molecule has 3 heteroatoms. The Kier molecular flexibility index (Phi) is 3.57. The first-order valence-corrected chi connectivity index (χ1v) is 6.75. The molecular weight excluding hydrogens is 230 g/mol. The molecule has 1 amide bonds. The van der Waals surface area contributed by atoms with Gasteiger partial charge in [0.25, 0.3) is 0 Å². The van der Waals surface area contributed by atoms with Crippen LogP contribution >= 0.6 is 11.8 Å². The Labute approximate surface area is 107 Å². The Morgan fingerprint density at radius 2 is 2.35 bits per heavy atom. The van der Waals surface area contributed by atoms with Gasteiger partial charge in [-0.25, -0.2) is 0 Å². The average Bonchev–Trinajstić information content (AvgIpc) is 2.48. The van der Waals surface area contributed by atoms with E-state index >= 15 is 0 Å². The summed E-state index contributed by atoms with van der Waals surface area (Å²) in [6, 6.07) is 6.70. The number of carbonyl (C=O) groups is 1. The minimum absolute atomic E-state index is 0.0208. The topological polar surface area (TPSA) is 20.3 Å². The number of rotatable bonds is 1. The first-order valence-electron chi connectivity index (χ1n) is 5.77. The van der Waals surface area contributed by atoms with E-state index in [1.54, 1.807) is 0 Å². The zero-order chi connectivity index (χ0) is 12.4. The first-order chi connectivity index (χ1) is 8.11. The summed E-state index contributed by atoms with van der Waals surface area (Å²) in [5.74, 6) is 0.961. The molecule has 0 unspecified atom stereocenters. The molecule has 1 aromatic carbocycles. The van der Waals surface area contributed by atoms with E-state index in [0.29, 0.717) is 6.54 Å². The largest absolute Gasteiger partial charge is 0.331 e. The maximum atomic E-state index is 11.8. The molecule has 1 aliphatic rings. The van der Waals surface area contributed by atoms with Crippen molar-refractivity contribution in [3.63, 3.8) is 0 Å². The van der Waals surface area contributed by atoms with Crippen LogP contribution in [0, 0.1) is 6.92 Å². The normalized spacial score (nSPS) is 19.4. The number of amides is 1. The van der Waals surface area contributed by atoms with E-state index in [0.717, 1.165) is 5.75 Å². The minimum Gasteiger partial charge on any atom is -0.331 e. The van der Waals surface area contributed by atoms with Crippen LogP contribution < -0.4 is 0 Å². The smallest absolute Gasteiger partial charge is 0.246 e. The standard InChI is InChI=1S/C14H17NOS/c1-4-14(16)15-8-12-7-10(2)5-6-13(12)17-9-11(15)3/h4-7,11H,1,8-9H2,2-3H3/t11-/m0/s1. The molecule has 0 saturated carbocycles.